The molecule has 0 heterocycles. The van der Waals surface area contributed by atoms with Gasteiger partial charge in [-0.05, 0) is 77.2 Å². The highest BCUT2D eigenvalue weighted by Crippen LogP contribution is 2.45. The Morgan fingerprint density at radius 2 is 1.86 bits per heavy atom. The Morgan fingerprint density at radius 1 is 1.18 bits per heavy atom. The molecule has 4 N–H and O–H groups in total. The van der Waals surface area contributed by atoms with Crippen LogP contribution in [0.4, 0.5) is 13.6 Å². The molecule has 2 aromatic rings. The van der Waals surface area contributed by atoms with Gasteiger partial charge in [-0.25, -0.2) is 13.6 Å². The molecule has 2 atom stereocenters. The van der Waals surface area contributed by atoms with Crippen molar-refractivity contribution in [2.24, 2.45) is 0 Å². The van der Waals surface area contributed by atoms with Gasteiger partial charge < -0.3 is 20.8 Å². The van der Waals surface area contributed by atoms with Crippen LogP contribution in [0.15, 0.2) is 42.5 Å². The van der Waals surface area contributed by atoms with E-state index in [1.807, 2.05) is 18.2 Å². The third kappa shape index (κ3) is 5.39. The molecule has 1 aliphatic rings. The summed E-state index contributed by atoms with van der Waals surface area (Å²) in [6, 6.07) is 10.2. The van der Waals surface area contributed by atoms with Crippen LogP contribution in [0.2, 0.25) is 0 Å². The minimum Gasteiger partial charge on any atom is -0.465 e. The quantitative estimate of drug-likeness (QED) is 0.418. The van der Waals surface area contributed by atoms with Gasteiger partial charge in [0.25, 0.3) is 0 Å². The highest BCUT2D eigenvalue weighted by molar-refractivity contribution is 14.1. The van der Waals surface area contributed by atoms with Gasteiger partial charge in [-0.3, -0.25) is 0 Å². The zero-order chi connectivity index (χ0) is 20.3. The second-order valence-corrected chi connectivity index (χ2v) is 8.32. The molecule has 5 nitrogen and oxygen atoms in total. The maximum atomic E-state index is 13.4. The van der Waals surface area contributed by atoms with Gasteiger partial charge in [0.05, 0.1) is 12.1 Å². The average Bonchev–Trinajstić information content (AvgIpc) is 3.39. The van der Waals surface area contributed by atoms with E-state index in [4.69, 9.17) is 5.11 Å². The fourth-order valence-electron chi connectivity index (χ4n) is 3.35. The first kappa shape index (κ1) is 20.9. The van der Waals surface area contributed by atoms with E-state index >= 15 is 0 Å². The summed E-state index contributed by atoms with van der Waals surface area (Å²) in [4.78, 5) is 11.1. The molecule has 2 aromatic carbocycles. The number of amides is 1. The van der Waals surface area contributed by atoms with Gasteiger partial charge in [0.15, 0.2) is 0 Å². The summed E-state index contributed by atoms with van der Waals surface area (Å²) in [5.41, 5.74) is 1.18. The minimum absolute atomic E-state index is 0.0277. The largest absolute Gasteiger partial charge is 0.465 e. The summed E-state index contributed by atoms with van der Waals surface area (Å²) in [6.07, 6.45) is -0.555. The van der Waals surface area contributed by atoms with E-state index < -0.39 is 29.9 Å². The molecule has 0 radical (unpaired) electrons. The van der Waals surface area contributed by atoms with E-state index in [1.54, 1.807) is 0 Å². The number of rotatable bonds is 8. The predicted octanol–water partition coefficient (Wildman–Crippen LogP) is 3.39. The topological polar surface area (TPSA) is 81.6 Å². The molecule has 8 heteroatoms. The van der Waals surface area contributed by atoms with Crippen molar-refractivity contribution >= 4 is 28.7 Å². The predicted molar refractivity (Wildman–Crippen MR) is 109 cm³/mol. The zero-order valence-electron chi connectivity index (χ0n) is 15.0. The molecular weight excluding hydrogens is 481 g/mol. The molecule has 0 aliphatic heterocycles. The lowest BCUT2D eigenvalue weighted by atomic mass is 9.99. The van der Waals surface area contributed by atoms with Crippen molar-refractivity contribution in [1.29, 1.82) is 0 Å². The number of aliphatic hydroxyl groups is 1. The van der Waals surface area contributed by atoms with Crippen molar-refractivity contribution in [2.45, 2.75) is 36.9 Å². The van der Waals surface area contributed by atoms with Gasteiger partial charge in [-0.2, -0.15) is 0 Å². The van der Waals surface area contributed by atoms with Crippen LogP contribution in [0.25, 0.3) is 0 Å². The van der Waals surface area contributed by atoms with E-state index in [-0.39, 0.29) is 24.1 Å². The van der Waals surface area contributed by atoms with Crippen molar-refractivity contribution in [3.63, 3.8) is 0 Å². The summed E-state index contributed by atoms with van der Waals surface area (Å²) in [5.74, 6) is -1.49. The van der Waals surface area contributed by atoms with Crippen molar-refractivity contribution < 1.29 is 23.8 Å². The number of halogens is 3. The van der Waals surface area contributed by atoms with E-state index in [9.17, 15) is 18.7 Å². The Kier molecular flexibility index (Phi) is 6.51. The molecular formula is C20H21F2IN2O3. The van der Waals surface area contributed by atoms with Crippen LogP contribution < -0.4 is 10.6 Å². The van der Waals surface area contributed by atoms with E-state index in [0.29, 0.717) is 0 Å². The van der Waals surface area contributed by atoms with Gasteiger partial charge in [-0.15, -0.1) is 0 Å². The van der Waals surface area contributed by atoms with E-state index in [2.05, 4.69) is 39.3 Å². The molecule has 1 fully saturated rings. The maximum Gasteiger partial charge on any atom is 0.404 e. The van der Waals surface area contributed by atoms with Crippen LogP contribution in [0, 0.1) is 15.2 Å². The molecule has 1 amide bonds. The van der Waals surface area contributed by atoms with E-state index in [1.165, 1.54) is 0 Å². The van der Waals surface area contributed by atoms with Crippen LogP contribution in [0.5, 0.6) is 0 Å². The lowest BCUT2D eigenvalue weighted by Gasteiger charge is -2.26. The first-order valence-electron chi connectivity index (χ1n) is 8.91. The van der Waals surface area contributed by atoms with Crippen LogP contribution >= 0.6 is 22.6 Å². The Morgan fingerprint density at radius 3 is 2.43 bits per heavy atom. The molecule has 28 heavy (non-hydrogen) atoms. The Hall–Kier alpha value is -1.78. The molecule has 1 aliphatic carbocycles. The van der Waals surface area contributed by atoms with Crippen LogP contribution in [0.1, 0.15) is 24.0 Å². The van der Waals surface area contributed by atoms with Gasteiger partial charge in [-0.1, -0.05) is 12.1 Å². The van der Waals surface area contributed by atoms with Gasteiger partial charge in [0.1, 0.15) is 11.6 Å². The number of carbonyl (C=O) groups is 1. The van der Waals surface area contributed by atoms with E-state index in [0.717, 1.165) is 40.2 Å². The smallest absolute Gasteiger partial charge is 0.404 e. The molecule has 0 saturated heterocycles. The highest BCUT2D eigenvalue weighted by Gasteiger charge is 2.44. The monoisotopic (exact) mass is 502 g/mol. The lowest BCUT2D eigenvalue weighted by Crippen LogP contribution is -2.49. The molecule has 0 aromatic heterocycles. The van der Waals surface area contributed by atoms with Gasteiger partial charge >= 0.3 is 6.09 Å². The number of carboxylic acid groups (broad SMARTS) is 1. The lowest BCUT2D eigenvalue weighted by molar-refractivity contribution is 0.114. The first-order valence-corrected chi connectivity index (χ1v) is 9.99. The van der Waals surface area contributed by atoms with Crippen LogP contribution in [-0.4, -0.2) is 35.0 Å². The average molecular weight is 502 g/mol. The summed E-state index contributed by atoms with van der Waals surface area (Å²) in [7, 11) is 0. The first-order chi connectivity index (χ1) is 13.3. The highest BCUT2D eigenvalue weighted by atomic mass is 127. The van der Waals surface area contributed by atoms with Crippen LogP contribution in [0.3, 0.4) is 0 Å². The maximum absolute atomic E-state index is 13.4. The van der Waals surface area contributed by atoms with Gasteiger partial charge in [0, 0.05) is 21.7 Å². The Labute approximate surface area is 175 Å². The fourth-order valence-corrected chi connectivity index (χ4v) is 3.89. The van der Waals surface area contributed by atoms with Crippen molar-refractivity contribution in [2.75, 3.05) is 6.54 Å². The zero-order valence-corrected chi connectivity index (χ0v) is 17.1. The minimum atomic E-state index is -1.31. The van der Waals surface area contributed by atoms with Crippen LogP contribution in [-0.2, 0) is 12.0 Å². The second kappa shape index (κ2) is 8.71. The van der Waals surface area contributed by atoms with Crippen molar-refractivity contribution in [3.8, 4) is 0 Å². The molecule has 3 rings (SSSR count). The number of nitrogens with one attached hydrogen (secondary N) is 2. The molecule has 1 saturated carbocycles. The number of hydrogen-bond acceptors (Lipinski definition) is 3. The summed E-state index contributed by atoms with van der Waals surface area (Å²) in [6.45, 7) is 0.147. The summed E-state index contributed by atoms with van der Waals surface area (Å²) in [5, 5.41) is 25.2. The van der Waals surface area contributed by atoms with Crippen molar-refractivity contribution in [1.82, 2.24) is 10.6 Å². The Balaban J connectivity index is 1.68. The third-order valence-corrected chi connectivity index (χ3v) is 5.60. The summed E-state index contributed by atoms with van der Waals surface area (Å²) >= 11 is 2.24. The summed E-state index contributed by atoms with van der Waals surface area (Å²) < 4.78 is 28.0. The second-order valence-electron chi connectivity index (χ2n) is 7.08. The normalized spacial score (nSPS) is 17.0. The molecule has 0 spiro atoms. The molecule has 0 unspecified atom stereocenters. The standard InChI is InChI=1S/C20H21F2IN2O3/c21-14-6-12(7-15(22)10-14)8-17(25-19(27)28)18(26)11-24-20(4-5-20)13-2-1-3-16(23)9-13/h1-3,6-7,9-10,17-18,24-26H,4-5,8,11H2,(H,27,28)/t17-,18+/m0/s1. The number of aliphatic hydroxyl groups excluding tert-OH is 1. The van der Waals surface area contributed by atoms with Gasteiger partial charge in [0.2, 0.25) is 0 Å². The van der Waals surface area contributed by atoms with Crippen molar-refractivity contribution in [3.05, 3.63) is 68.8 Å². The molecule has 0 bridgehead atoms. The number of benzene rings is 2. The third-order valence-electron chi connectivity index (χ3n) is 4.93. The fraction of sp³-hybridized carbons (Fsp3) is 0.350. The number of hydrogen-bond donors (Lipinski definition) is 4. The Bertz CT molecular complexity index is 841. The SMILES string of the molecule is O=C(O)N[C@@H](Cc1cc(F)cc(F)c1)[C@H](O)CNC1(c2cccc(I)c2)CC1. The molecule has 150 valence electrons.